The van der Waals surface area contributed by atoms with Gasteiger partial charge in [0.2, 0.25) is 0 Å². The van der Waals surface area contributed by atoms with Crippen molar-refractivity contribution in [3.8, 4) is 0 Å². The summed E-state index contributed by atoms with van der Waals surface area (Å²) in [6.45, 7) is 1.38. The molecule has 0 saturated carbocycles. The van der Waals surface area contributed by atoms with Gasteiger partial charge in [0.15, 0.2) is 3.79 Å². The van der Waals surface area contributed by atoms with E-state index in [9.17, 15) is 9.59 Å². The molecule has 0 unspecified atom stereocenters. The first kappa shape index (κ1) is 9.03. The first-order chi connectivity index (χ1) is 4.04. The zero-order valence-electron chi connectivity index (χ0n) is 5.06. The fourth-order valence-corrected chi connectivity index (χ4v) is 0.791. The van der Waals surface area contributed by atoms with Crippen LogP contribution < -0.4 is 5.73 Å². The second kappa shape index (κ2) is 3.94. The van der Waals surface area contributed by atoms with Crippen molar-refractivity contribution in [1.29, 1.82) is 0 Å². The topological polar surface area (TPSA) is 60.2 Å². The molecule has 0 spiro atoms. The van der Waals surface area contributed by atoms with E-state index in [-0.39, 0.29) is 16.0 Å². The van der Waals surface area contributed by atoms with E-state index in [2.05, 4.69) is 0 Å². The molecule has 9 heavy (non-hydrogen) atoms. The highest BCUT2D eigenvalue weighted by Gasteiger charge is 2.10. The maximum Gasteiger partial charge on any atom is 0.194 e. The molecule has 0 saturated heterocycles. The molecule has 0 fully saturated rings. The van der Waals surface area contributed by atoms with Crippen molar-refractivity contribution in [3.05, 3.63) is 0 Å². The molecule has 0 rings (SSSR count). The summed E-state index contributed by atoms with van der Waals surface area (Å²) in [6.07, 6.45) is 0.149. The van der Waals surface area contributed by atoms with E-state index in [1.165, 1.54) is 6.92 Å². The number of rotatable bonds is 3. The number of hydrogen-bond donors (Lipinski definition) is 1. The van der Waals surface area contributed by atoms with E-state index in [1.54, 1.807) is 22.6 Å². The van der Waals surface area contributed by atoms with Crippen molar-refractivity contribution in [2.75, 3.05) is 0 Å². The molecular formula is C5H8INO2. The predicted molar refractivity (Wildman–Crippen MR) is 42.3 cm³/mol. The highest BCUT2D eigenvalue weighted by molar-refractivity contribution is 14.1. The quantitative estimate of drug-likeness (QED) is 0.569. The van der Waals surface area contributed by atoms with E-state index >= 15 is 0 Å². The summed E-state index contributed by atoms with van der Waals surface area (Å²) in [7, 11) is 0. The molecule has 3 nitrogen and oxygen atoms in total. The summed E-state index contributed by atoms with van der Waals surface area (Å²) in [5, 5.41) is 0. The Morgan fingerprint density at radius 1 is 1.67 bits per heavy atom. The van der Waals surface area contributed by atoms with E-state index in [0.29, 0.717) is 0 Å². The third kappa shape index (κ3) is 4.53. The summed E-state index contributed by atoms with van der Waals surface area (Å²) >= 11 is 1.62. The Balaban J connectivity index is 3.63. The molecule has 0 aliphatic rings. The van der Waals surface area contributed by atoms with Crippen molar-refractivity contribution in [1.82, 2.24) is 0 Å². The molecule has 0 heterocycles. The van der Waals surface area contributed by atoms with Crippen LogP contribution in [0.3, 0.4) is 0 Å². The van der Waals surface area contributed by atoms with Gasteiger partial charge in [0.1, 0.15) is 5.78 Å². The SMILES string of the molecule is CC(=O)[C@H](N)CC(=O)I. The lowest BCUT2D eigenvalue weighted by atomic mass is 10.2. The summed E-state index contributed by atoms with van der Waals surface area (Å²) in [6, 6.07) is -0.602. The maximum absolute atomic E-state index is 10.4. The van der Waals surface area contributed by atoms with Crippen LogP contribution >= 0.6 is 22.6 Å². The number of Topliss-reactive ketones (excluding diaryl/α,β-unsaturated/α-hetero) is 1. The van der Waals surface area contributed by atoms with Gasteiger partial charge in [0, 0.05) is 6.42 Å². The fraction of sp³-hybridized carbons (Fsp3) is 0.600. The number of hydrogen-bond acceptors (Lipinski definition) is 3. The monoisotopic (exact) mass is 241 g/mol. The number of ketones is 1. The van der Waals surface area contributed by atoms with Gasteiger partial charge in [-0.3, -0.25) is 9.59 Å². The Kier molecular flexibility index (Phi) is 3.96. The van der Waals surface area contributed by atoms with Crippen LogP contribution in [0.15, 0.2) is 0 Å². The molecule has 0 aromatic carbocycles. The summed E-state index contributed by atoms with van der Waals surface area (Å²) in [5.41, 5.74) is 5.24. The van der Waals surface area contributed by atoms with Gasteiger partial charge in [-0.15, -0.1) is 0 Å². The van der Waals surface area contributed by atoms with Gasteiger partial charge in [-0.25, -0.2) is 0 Å². The molecule has 0 aromatic rings. The van der Waals surface area contributed by atoms with E-state index in [4.69, 9.17) is 5.73 Å². The Morgan fingerprint density at radius 2 is 2.11 bits per heavy atom. The number of halogens is 1. The van der Waals surface area contributed by atoms with Crippen LogP contribution in [-0.2, 0) is 9.59 Å². The van der Waals surface area contributed by atoms with Crippen LogP contribution in [0.25, 0.3) is 0 Å². The van der Waals surface area contributed by atoms with Gasteiger partial charge < -0.3 is 5.73 Å². The molecule has 0 bridgehead atoms. The van der Waals surface area contributed by atoms with Crippen LogP contribution in [0.1, 0.15) is 13.3 Å². The lowest BCUT2D eigenvalue weighted by molar-refractivity contribution is -0.120. The van der Waals surface area contributed by atoms with Crippen molar-refractivity contribution >= 4 is 32.2 Å². The highest BCUT2D eigenvalue weighted by Crippen LogP contribution is 1.96. The summed E-state index contributed by atoms with van der Waals surface area (Å²) in [4.78, 5) is 20.7. The minimum Gasteiger partial charge on any atom is -0.321 e. The second-order valence-electron chi connectivity index (χ2n) is 1.78. The minimum atomic E-state index is -0.602. The van der Waals surface area contributed by atoms with Crippen LogP contribution in [0, 0.1) is 0 Å². The second-order valence-corrected chi connectivity index (χ2v) is 2.98. The zero-order chi connectivity index (χ0) is 7.44. The fourth-order valence-electron chi connectivity index (χ4n) is 0.317. The lowest BCUT2D eigenvalue weighted by Crippen LogP contribution is -2.29. The summed E-state index contributed by atoms with van der Waals surface area (Å²) in [5.74, 6) is -0.139. The average Bonchev–Trinajstić information content (AvgIpc) is 1.63. The molecule has 0 amide bonds. The Hall–Kier alpha value is 0.0300. The number of carbonyl (C=O) groups excluding carboxylic acids is 2. The van der Waals surface area contributed by atoms with Crippen molar-refractivity contribution in [3.63, 3.8) is 0 Å². The minimum absolute atomic E-state index is 0.0738. The maximum atomic E-state index is 10.4. The smallest absolute Gasteiger partial charge is 0.194 e. The zero-order valence-corrected chi connectivity index (χ0v) is 7.21. The van der Waals surface area contributed by atoms with Gasteiger partial charge in [0.25, 0.3) is 0 Å². The third-order valence-electron chi connectivity index (χ3n) is 0.903. The Bertz CT molecular complexity index is 135. The standard InChI is InChI=1S/C5H8INO2/c1-3(8)4(7)2-5(6)9/h4H,2,7H2,1H3/t4-/m1/s1. The van der Waals surface area contributed by atoms with Gasteiger partial charge in [-0.2, -0.15) is 0 Å². The number of carbonyl (C=O) groups is 2. The first-order valence-corrected chi connectivity index (χ1v) is 3.56. The van der Waals surface area contributed by atoms with E-state index in [0.717, 1.165) is 0 Å². The molecule has 0 aromatic heterocycles. The van der Waals surface area contributed by atoms with Crippen LogP contribution in [0.5, 0.6) is 0 Å². The highest BCUT2D eigenvalue weighted by atomic mass is 127. The largest absolute Gasteiger partial charge is 0.321 e. The van der Waals surface area contributed by atoms with Gasteiger partial charge in [-0.1, -0.05) is 0 Å². The first-order valence-electron chi connectivity index (χ1n) is 2.48. The van der Waals surface area contributed by atoms with Gasteiger partial charge >= 0.3 is 0 Å². The normalized spacial score (nSPS) is 12.8. The molecule has 52 valence electrons. The Morgan fingerprint density at radius 3 is 2.22 bits per heavy atom. The van der Waals surface area contributed by atoms with Crippen molar-refractivity contribution in [2.24, 2.45) is 5.73 Å². The molecule has 4 heteroatoms. The average molecular weight is 241 g/mol. The summed E-state index contributed by atoms with van der Waals surface area (Å²) < 4.78 is -0.0738. The van der Waals surface area contributed by atoms with Crippen LogP contribution in [0.4, 0.5) is 0 Å². The third-order valence-corrected chi connectivity index (χ3v) is 1.34. The lowest BCUT2D eigenvalue weighted by Gasteiger charge is -2.01. The molecule has 2 N–H and O–H groups in total. The van der Waals surface area contributed by atoms with Crippen molar-refractivity contribution in [2.45, 2.75) is 19.4 Å². The molecule has 0 radical (unpaired) electrons. The van der Waals surface area contributed by atoms with E-state index < -0.39 is 6.04 Å². The van der Waals surface area contributed by atoms with Gasteiger partial charge in [-0.05, 0) is 29.5 Å². The van der Waals surface area contributed by atoms with E-state index in [1.807, 2.05) is 0 Å². The molecule has 0 aliphatic carbocycles. The number of nitrogens with two attached hydrogens (primary N) is 1. The molecule has 1 atom stereocenters. The predicted octanol–water partition coefficient (Wildman–Crippen LogP) is 0.254. The van der Waals surface area contributed by atoms with Gasteiger partial charge in [0.05, 0.1) is 6.04 Å². The van der Waals surface area contributed by atoms with Crippen LogP contribution in [0.2, 0.25) is 0 Å². The molecular weight excluding hydrogens is 233 g/mol. The van der Waals surface area contributed by atoms with Crippen LogP contribution in [-0.4, -0.2) is 15.6 Å². The Labute approximate surface area is 67.1 Å². The van der Waals surface area contributed by atoms with Crippen molar-refractivity contribution < 1.29 is 9.59 Å². The molecule has 0 aliphatic heterocycles.